The first-order valence-electron chi connectivity index (χ1n) is 9.16. The molecule has 2 amide bonds. The summed E-state index contributed by atoms with van der Waals surface area (Å²) in [6.07, 6.45) is 1.66. The first-order valence-corrected chi connectivity index (χ1v) is 10.1. The van der Waals surface area contributed by atoms with Gasteiger partial charge < -0.3 is 14.5 Å². The van der Waals surface area contributed by atoms with E-state index in [1.54, 1.807) is 13.2 Å². The molecule has 26 heavy (non-hydrogen) atoms. The zero-order valence-corrected chi connectivity index (χ0v) is 16.9. The maximum Gasteiger partial charge on any atom is 0.255 e. The Bertz CT molecular complexity index is 691. The summed E-state index contributed by atoms with van der Waals surface area (Å²) in [7, 11) is 1.61. The largest absolute Gasteiger partial charge is 0.497 e. The van der Waals surface area contributed by atoms with E-state index in [2.05, 4.69) is 0 Å². The Balaban J connectivity index is 1.74. The van der Waals surface area contributed by atoms with Crippen LogP contribution in [-0.4, -0.2) is 59.0 Å². The SMILES string of the molecule is COc1cccc(C(=O)N2CCSC23CCN(C(=O)C(C)(C)C)CC3)c1. The maximum atomic E-state index is 13.1. The molecule has 1 spiro atoms. The van der Waals surface area contributed by atoms with Gasteiger partial charge in [0.2, 0.25) is 5.91 Å². The number of nitrogens with zero attached hydrogens (tertiary/aromatic N) is 2. The van der Waals surface area contributed by atoms with Crippen LogP contribution >= 0.6 is 11.8 Å². The number of thioether (sulfide) groups is 1. The number of hydrogen-bond donors (Lipinski definition) is 0. The van der Waals surface area contributed by atoms with Gasteiger partial charge in [-0.3, -0.25) is 9.59 Å². The van der Waals surface area contributed by atoms with Gasteiger partial charge in [-0.05, 0) is 31.0 Å². The van der Waals surface area contributed by atoms with E-state index in [1.165, 1.54) is 0 Å². The number of carbonyl (C=O) groups excluding carboxylic acids is 2. The Morgan fingerprint density at radius 2 is 1.85 bits per heavy atom. The molecule has 0 bridgehead atoms. The molecule has 1 aromatic rings. The molecule has 2 aliphatic heterocycles. The number of likely N-dealkylation sites (tertiary alicyclic amines) is 1. The molecule has 0 radical (unpaired) electrons. The van der Waals surface area contributed by atoms with Gasteiger partial charge in [0.25, 0.3) is 5.91 Å². The molecule has 1 aromatic carbocycles. The zero-order valence-electron chi connectivity index (χ0n) is 16.1. The topological polar surface area (TPSA) is 49.9 Å². The third kappa shape index (κ3) is 3.56. The van der Waals surface area contributed by atoms with E-state index in [0.29, 0.717) is 24.4 Å². The van der Waals surface area contributed by atoms with Crippen molar-refractivity contribution in [1.82, 2.24) is 9.80 Å². The Morgan fingerprint density at radius 1 is 1.15 bits per heavy atom. The van der Waals surface area contributed by atoms with Gasteiger partial charge in [0, 0.05) is 36.4 Å². The molecule has 2 saturated heterocycles. The van der Waals surface area contributed by atoms with E-state index in [1.807, 2.05) is 60.5 Å². The van der Waals surface area contributed by atoms with E-state index in [0.717, 1.165) is 25.1 Å². The second kappa shape index (κ2) is 7.14. The Kier molecular flexibility index (Phi) is 5.24. The first kappa shape index (κ1) is 19.1. The summed E-state index contributed by atoms with van der Waals surface area (Å²) in [5.41, 5.74) is 0.308. The van der Waals surface area contributed by atoms with E-state index in [9.17, 15) is 9.59 Å². The van der Waals surface area contributed by atoms with Crippen molar-refractivity contribution < 1.29 is 14.3 Å². The van der Waals surface area contributed by atoms with E-state index < -0.39 is 0 Å². The lowest BCUT2D eigenvalue weighted by Gasteiger charge is -2.45. The summed E-state index contributed by atoms with van der Waals surface area (Å²) < 4.78 is 5.26. The minimum atomic E-state index is -0.358. The molecule has 0 atom stereocenters. The number of amides is 2. The standard InChI is InChI=1S/C20H28N2O3S/c1-19(2,3)18(24)21-10-8-20(9-11-21)22(12-13-26-20)17(23)15-6-5-7-16(14-15)25-4/h5-7,14H,8-13H2,1-4H3. The minimum absolute atomic E-state index is 0.0597. The highest BCUT2D eigenvalue weighted by molar-refractivity contribution is 8.00. The van der Waals surface area contributed by atoms with Crippen molar-refractivity contribution in [2.24, 2.45) is 5.41 Å². The maximum absolute atomic E-state index is 13.1. The molecule has 2 aliphatic rings. The van der Waals surface area contributed by atoms with Crippen LogP contribution in [0.25, 0.3) is 0 Å². The molecule has 6 heteroatoms. The van der Waals surface area contributed by atoms with E-state index >= 15 is 0 Å². The van der Waals surface area contributed by atoms with Crippen molar-refractivity contribution in [3.05, 3.63) is 29.8 Å². The van der Waals surface area contributed by atoms with Gasteiger partial charge in [-0.1, -0.05) is 26.8 Å². The fourth-order valence-corrected chi connectivity index (χ4v) is 5.21. The Morgan fingerprint density at radius 3 is 2.46 bits per heavy atom. The third-order valence-electron chi connectivity index (χ3n) is 5.21. The normalized spacial score (nSPS) is 19.7. The Hall–Kier alpha value is -1.69. The number of benzene rings is 1. The minimum Gasteiger partial charge on any atom is -0.497 e. The fraction of sp³-hybridized carbons (Fsp3) is 0.600. The van der Waals surface area contributed by atoms with Crippen LogP contribution in [0.5, 0.6) is 5.75 Å². The molecule has 5 nitrogen and oxygen atoms in total. The second-order valence-electron chi connectivity index (χ2n) is 8.03. The van der Waals surface area contributed by atoms with Crippen molar-refractivity contribution in [2.45, 2.75) is 38.5 Å². The molecule has 0 aromatic heterocycles. The highest BCUT2D eigenvalue weighted by Crippen LogP contribution is 2.45. The van der Waals surface area contributed by atoms with Crippen molar-refractivity contribution in [1.29, 1.82) is 0 Å². The molecule has 2 heterocycles. The van der Waals surface area contributed by atoms with Crippen molar-refractivity contribution in [3.63, 3.8) is 0 Å². The lowest BCUT2D eigenvalue weighted by Crippen LogP contribution is -2.55. The molecule has 0 N–H and O–H groups in total. The predicted octanol–water partition coefficient (Wildman–Crippen LogP) is 3.25. The van der Waals surface area contributed by atoms with Crippen LogP contribution < -0.4 is 4.74 Å². The molecular formula is C20H28N2O3S. The fourth-order valence-electron chi connectivity index (χ4n) is 3.75. The summed E-state index contributed by atoms with van der Waals surface area (Å²) in [6.45, 7) is 8.07. The summed E-state index contributed by atoms with van der Waals surface area (Å²) in [5.74, 6) is 1.90. The highest BCUT2D eigenvalue weighted by atomic mass is 32.2. The van der Waals surface area contributed by atoms with Crippen molar-refractivity contribution >= 4 is 23.6 Å². The van der Waals surface area contributed by atoms with Crippen LogP contribution in [0.1, 0.15) is 44.0 Å². The summed E-state index contributed by atoms with van der Waals surface area (Å²) in [4.78, 5) is 29.5. The number of carbonyl (C=O) groups is 2. The van der Waals surface area contributed by atoms with Crippen molar-refractivity contribution in [3.8, 4) is 5.75 Å². The molecule has 0 unspecified atom stereocenters. The van der Waals surface area contributed by atoms with E-state index in [4.69, 9.17) is 4.74 Å². The van der Waals surface area contributed by atoms with Gasteiger partial charge in [-0.2, -0.15) is 0 Å². The monoisotopic (exact) mass is 376 g/mol. The van der Waals surface area contributed by atoms with Gasteiger partial charge in [0.1, 0.15) is 5.75 Å². The molecule has 0 aliphatic carbocycles. The van der Waals surface area contributed by atoms with Crippen LogP contribution in [0.15, 0.2) is 24.3 Å². The predicted molar refractivity (Wildman–Crippen MR) is 104 cm³/mol. The Labute approximate surface area is 160 Å². The third-order valence-corrected chi connectivity index (χ3v) is 6.77. The number of rotatable bonds is 2. The summed E-state index contributed by atoms with van der Waals surface area (Å²) in [5, 5.41) is 0. The average molecular weight is 377 g/mol. The molecular weight excluding hydrogens is 348 g/mol. The number of piperidine rings is 1. The van der Waals surface area contributed by atoms with Crippen LogP contribution in [0, 0.1) is 5.41 Å². The molecule has 142 valence electrons. The lowest BCUT2D eigenvalue weighted by molar-refractivity contribution is -0.141. The molecule has 2 fully saturated rings. The van der Waals surface area contributed by atoms with Crippen LogP contribution in [0.4, 0.5) is 0 Å². The number of hydrogen-bond acceptors (Lipinski definition) is 4. The van der Waals surface area contributed by atoms with Crippen LogP contribution in [-0.2, 0) is 4.79 Å². The molecule has 3 rings (SSSR count). The van der Waals surface area contributed by atoms with Gasteiger partial charge in [0.15, 0.2) is 0 Å². The number of methoxy groups -OCH3 is 1. The van der Waals surface area contributed by atoms with E-state index in [-0.39, 0.29) is 22.1 Å². The van der Waals surface area contributed by atoms with Gasteiger partial charge >= 0.3 is 0 Å². The van der Waals surface area contributed by atoms with Crippen molar-refractivity contribution in [2.75, 3.05) is 32.5 Å². The van der Waals surface area contributed by atoms with Gasteiger partial charge in [-0.15, -0.1) is 11.8 Å². The smallest absolute Gasteiger partial charge is 0.255 e. The molecule has 0 saturated carbocycles. The first-order chi connectivity index (χ1) is 12.3. The summed E-state index contributed by atoms with van der Waals surface area (Å²) in [6, 6.07) is 7.35. The lowest BCUT2D eigenvalue weighted by atomic mass is 9.92. The van der Waals surface area contributed by atoms with Crippen LogP contribution in [0.3, 0.4) is 0 Å². The summed E-state index contributed by atoms with van der Waals surface area (Å²) >= 11 is 1.86. The second-order valence-corrected chi connectivity index (χ2v) is 9.48. The average Bonchev–Trinajstić information content (AvgIpc) is 3.03. The van der Waals surface area contributed by atoms with Gasteiger partial charge in [0.05, 0.1) is 12.0 Å². The van der Waals surface area contributed by atoms with Gasteiger partial charge in [-0.25, -0.2) is 0 Å². The number of ether oxygens (including phenoxy) is 1. The highest BCUT2D eigenvalue weighted by Gasteiger charge is 2.47. The quantitative estimate of drug-likeness (QED) is 0.795. The van der Waals surface area contributed by atoms with Crippen LogP contribution in [0.2, 0.25) is 0 Å². The zero-order chi connectivity index (χ0) is 18.9.